The first kappa shape index (κ1) is 16.1. The minimum Gasteiger partial charge on any atom is -0.466 e. The van der Waals surface area contributed by atoms with Gasteiger partial charge in [0, 0.05) is 17.3 Å². The molecule has 7 heteroatoms. The van der Waals surface area contributed by atoms with Gasteiger partial charge in [-0.15, -0.1) is 11.3 Å². The maximum Gasteiger partial charge on any atom is 0.311 e. The highest BCUT2D eigenvalue weighted by atomic mass is 32.1. The van der Waals surface area contributed by atoms with Gasteiger partial charge in [-0.05, 0) is 32.4 Å². The molecule has 0 fully saturated rings. The lowest BCUT2D eigenvalue weighted by molar-refractivity contribution is -0.142. The number of aromatic nitrogens is 2. The first-order valence-electron chi connectivity index (χ1n) is 6.84. The highest BCUT2D eigenvalue weighted by Crippen LogP contribution is 2.24. The van der Waals surface area contributed by atoms with Gasteiger partial charge in [0.1, 0.15) is 0 Å². The number of hydrogen-bond acceptors (Lipinski definition) is 6. The maximum absolute atomic E-state index is 12.1. The van der Waals surface area contributed by atoms with Crippen LogP contribution in [-0.4, -0.2) is 28.5 Å². The summed E-state index contributed by atoms with van der Waals surface area (Å²) in [6.45, 7) is 5.78. The largest absolute Gasteiger partial charge is 0.466 e. The van der Waals surface area contributed by atoms with E-state index in [1.54, 1.807) is 26.1 Å². The lowest BCUT2D eigenvalue weighted by Gasteiger charge is -2.01. The number of anilines is 1. The Hall–Kier alpha value is -2.28. The summed E-state index contributed by atoms with van der Waals surface area (Å²) in [6, 6.07) is 1.75. The number of nitrogens with zero attached hydrogens (tertiary/aromatic N) is 2. The fourth-order valence-electron chi connectivity index (χ4n) is 1.84. The van der Waals surface area contributed by atoms with E-state index < -0.39 is 0 Å². The molecule has 2 aromatic rings. The molecule has 0 atom stereocenters. The number of hydrogen-bond donors (Lipinski definition) is 1. The summed E-state index contributed by atoms with van der Waals surface area (Å²) < 4.78 is 4.92. The molecule has 2 rings (SSSR count). The Morgan fingerprint density at radius 3 is 2.77 bits per heavy atom. The second-order valence-electron chi connectivity index (χ2n) is 4.71. The molecule has 2 aromatic heterocycles. The van der Waals surface area contributed by atoms with Crippen molar-refractivity contribution in [2.75, 3.05) is 11.9 Å². The highest BCUT2D eigenvalue weighted by Gasteiger charge is 2.15. The first-order valence-corrected chi connectivity index (χ1v) is 7.66. The van der Waals surface area contributed by atoms with Crippen LogP contribution in [0.5, 0.6) is 0 Å². The quantitative estimate of drug-likeness (QED) is 0.856. The van der Waals surface area contributed by atoms with Crippen LogP contribution in [-0.2, 0) is 16.0 Å². The third-order valence-corrected chi connectivity index (χ3v) is 3.93. The molecular formula is C15H17N3O3S. The van der Waals surface area contributed by atoms with Crippen molar-refractivity contribution in [3.05, 3.63) is 40.2 Å². The van der Waals surface area contributed by atoms with Gasteiger partial charge in [0.2, 0.25) is 0 Å². The van der Waals surface area contributed by atoms with Crippen LogP contribution in [0.1, 0.15) is 33.4 Å². The van der Waals surface area contributed by atoms with Gasteiger partial charge in [0.25, 0.3) is 5.91 Å². The van der Waals surface area contributed by atoms with Crippen molar-refractivity contribution < 1.29 is 14.3 Å². The number of amides is 1. The fourth-order valence-corrected chi connectivity index (χ4v) is 2.78. The van der Waals surface area contributed by atoms with E-state index in [0.717, 1.165) is 16.1 Å². The SMILES string of the molecule is CCOC(=O)Cc1sc(NC(=O)c2cncc(C)c2)nc1C. The van der Waals surface area contributed by atoms with Crippen molar-refractivity contribution in [2.45, 2.75) is 27.2 Å². The number of ether oxygens (including phenoxy) is 1. The Bertz CT molecular complexity index is 697. The zero-order chi connectivity index (χ0) is 16.1. The molecule has 0 aliphatic rings. The van der Waals surface area contributed by atoms with Gasteiger partial charge in [-0.2, -0.15) is 0 Å². The van der Waals surface area contributed by atoms with Gasteiger partial charge in [-0.1, -0.05) is 0 Å². The van der Waals surface area contributed by atoms with Crippen LogP contribution in [0.2, 0.25) is 0 Å². The van der Waals surface area contributed by atoms with Crippen LogP contribution in [0.4, 0.5) is 5.13 Å². The standard InChI is InChI=1S/C15H17N3O3S/c1-4-21-13(19)6-12-10(3)17-15(22-12)18-14(20)11-5-9(2)7-16-8-11/h5,7-8H,4,6H2,1-3H3,(H,17,18,20). The molecule has 0 aromatic carbocycles. The molecule has 116 valence electrons. The Labute approximate surface area is 132 Å². The second kappa shape index (κ2) is 7.13. The zero-order valence-electron chi connectivity index (χ0n) is 12.7. The van der Waals surface area contributed by atoms with E-state index in [2.05, 4.69) is 15.3 Å². The number of carbonyl (C=O) groups is 2. The van der Waals surface area contributed by atoms with Crippen molar-refractivity contribution in [1.29, 1.82) is 0 Å². The van der Waals surface area contributed by atoms with E-state index in [4.69, 9.17) is 4.74 Å². The van der Waals surface area contributed by atoms with Gasteiger partial charge in [-0.25, -0.2) is 4.98 Å². The summed E-state index contributed by atoms with van der Waals surface area (Å²) in [4.78, 5) is 32.7. The van der Waals surface area contributed by atoms with E-state index in [1.165, 1.54) is 17.5 Å². The second-order valence-corrected chi connectivity index (χ2v) is 5.80. The predicted molar refractivity (Wildman–Crippen MR) is 84.1 cm³/mol. The summed E-state index contributed by atoms with van der Waals surface area (Å²) in [5.74, 6) is -0.567. The molecular weight excluding hydrogens is 302 g/mol. The van der Waals surface area contributed by atoms with Crippen molar-refractivity contribution in [2.24, 2.45) is 0 Å². The monoisotopic (exact) mass is 319 g/mol. The zero-order valence-corrected chi connectivity index (χ0v) is 13.5. The van der Waals surface area contributed by atoms with E-state index in [0.29, 0.717) is 17.3 Å². The van der Waals surface area contributed by atoms with Crippen molar-refractivity contribution in [3.63, 3.8) is 0 Å². The van der Waals surface area contributed by atoms with Crippen LogP contribution >= 0.6 is 11.3 Å². The van der Waals surface area contributed by atoms with Crippen LogP contribution in [0.25, 0.3) is 0 Å². The minimum atomic E-state index is -0.296. The number of rotatable bonds is 5. The Morgan fingerprint density at radius 1 is 1.32 bits per heavy atom. The molecule has 2 heterocycles. The molecule has 1 N–H and O–H groups in total. The van der Waals surface area contributed by atoms with Crippen molar-refractivity contribution in [1.82, 2.24) is 9.97 Å². The molecule has 6 nitrogen and oxygen atoms in total. The molecule has 0 bridgehead atoms. The molecule has 0 spiro atoms. The molecule has 0 unspecified atom stereocenters. The van der Waals surface area contributed by atoms with E-state index in [1.807, 2.05) is 6.92 Å². The fraction of sp³-hybridized carbons (Fsp3) is 0.333. The summed E-state index contributed by atoms with van der Waals surface area (Å²) in [7, 11) is 0. The van der Waals surface area contributed by atoms with E-state index in [-0.39, 0.29) is 18.3 Å². The molecule has 22 heavy (non-hydrogen) atoms. The van der Waals surface area contributed by atoms with Crippen LogP contribution in [0.3, 0.4) is 0 Å². The van der Waals surface area contributed by atoms with Gasteiger partial charge < -0.3 is 4.74 Å². The summed E-state index contributed by atoms with van der Waals surface area (Å²) in [6.07, 6.45) is 3.35. The molecule has 0 saturated carbocycles. The lowest BCUT2D eigenvalue weighted by Crippen LogP contribution is -2.12. The average Bonchev–Trinajstić information content (AvgIpc) is 2.79. The Morgan fingerprint density at radius 2 is 2.09 bits per heavy atom. The third kappa shape index (κ3) is 4.11. The molecule has 0 saturated heterocycles. The number of pyridine rings is 1. The molecule has 0 aliphatic carbocycles. The normalized spacial score (nSPS) is 10.3. The highest BCUT2D eigenvalue weighted by molar-refractivity contribution is 7.16. The van der Waals surface area contributed by atoms with Crippen molar-refractivity contribution >= 4 is 28.3 Å². The van der Waals surface area contributed by atoms with Gasteiger partial charge in [0.15, 0.2) is 5.13 Å². The molecule has 1 amide bonds. The third-order valence-electron chi connectivity index (χ3n) is 2.86. The number of esters is 1. The predicted octanol–water partition coefficient (Wildman–Crippen LogP) is 2.51. The van der Waals surface area contributed by atoms with Gasteiger partial charge >= 0.3 is 5.97 Å². The maximum atomic E-state index is 12.1. The Balaban J connectivity index is 2.07. The Kier molecular flexibility index (Phi) is 5.21. The molecule has 0 radical (unpaired) electrons. The van der Waals surface area contributed by atoms with E-state index in [9.17, 15) is 9.59 Å². The summed E-state index contributed by atoms with van der Waals surface area (Å²) >= 11 is 1.28. The minimum absolute atomic E-state index is 0.166. The van der Waals surface area contributed by atoms with Crippen molar-refractivity contribution in [3.8, 4) is 0 Å². The molecule has 0 aliphatic heterocycles. The number of carbonyl (C=O) groups excluding carboxylic acids is 2. The van der Waals surface area contributed by atoms with Gasteiger partial charge in [0.05, 0.1) is 24.3 Å². The first-order chi connectivity index (χ1) is 10.5. The number of nitrogens with one attached hydrogen (secondary N) is 1. The topological polar surface area (TPSA) is 81.2 Å². The lowest BCUT2D eigenvalue weighted by atomic mass is 10.2. The van der Waals surface area contributed by atoms with E-state index >= 15 is 0 Å². The number of thiazole rings is 1. The van der Waals surface area contributed by atoms with Gasteiger partial charge in [-0.3, -0.25) is 19.9 Å². The summed E-state index contributed by atoms with van der Waals surface area (Å²) in [5.41, 5.74) is 2.10. The van der Waals surface area contributed by atoms with Crippen LogP contribution in [0, 0.1) is 13.8 Å². The smallest absolute Gasteiger partial charge is 0.311 e. The van der Waals surface area contributed by atoms with Crippen LogP contribution in [0.15, 0.2) is 18.5 Å². The summed E-state index contributed by atoms with van der Waals surface area (Å²) in [5, 5.41) is 3.19. The van der Waals surface area contributed by atoms with Crippen LogP contribution < -0.4 is 5.32 Å². The average molecular weight is 319 g/mol. The number of aryl methyl sites for hydroxylation is 2.